The van der Waals surface area contributed by atoms with Crippen LogP contribution in [0.4, 0.5) is 0 Å². The van der Waals surface area contributed by atoms with Crippen molar-refractivity contribution in [2.75, 3.05) is 0 Å². The van der Waals surface area contributed by atoms with Crippen LogP contribution < -0.4 is 0 Å². The minimum absolute atomic E-state index is 0.148. The van der Waals surface area contributed by atoms with Crippen LogP contribution in [0, 0.1) is 0 Å². The van der Waals surface area contributed by atoms with Gasteiger partial charge in [-0.15, -0.1) is 0 Å². The number of hydrogen-bond donors (Lipinski definition) is 0. The first-order valence-corrected chi connectivity index (χ1v) is 8.51. The Bertz CT molecular complexity index is 697. The lowest BCUT2D eigenvalue weighted by molar-refractivity contribution is 0.595. The molecule has 0 fully saturated rings. The summed E-state index contributed by atoms with van der Waals surface area (Å²) in [5.74, 6) is -0.148. The van der Waals surface area contributed by atoms with Gasteiger partial charge in [0, 0.05) is 14.5 Å². The molecule has 0 atom stereocenters. The molecule has 0 bridgehead atoms. The van der Waals surface area contributed by atoms with Gasteiger partial charge >= 0.3 is 0 Å². The van der Waals surface area contributed by atoms with Crippen LogP contribution in [-0.4, -0.2) is 8.42 Å². The third kappa shape index (κ3) is 3.72. The third-order valence-electron chi connectivity index (χ3n) is 2.53. The molecule has 19 heavy (non-hydrogen) atoms. The van der Waals surface area contributed by atoms with Crippen LogP contribution in [0.5, 0.6) is 0 Å². The monoisotopic (exact) mass is 378 g/mol. The van der Waals surface area contributed by atoms with Crippen molar-refractivity contribution in [3.63, 3.8) is 0 Å². The Kier molecular flexibility index (Phi) is 4.56. The van der Waals surface area contributed by atoms with E-state index in [-0.39, 0.29) is 10.6 Å². The standard InChI is InChI=1S/C13H9BrCl2O2S/c14-10-2-5-12(6-3-10)19(17,18)8-9-1-4-11(15)7-13(9)16/h1-7H,8H2. The van der Waals surface area contributed by atoms with Crippen molar-refractivity contribution in [2.45, 2.75) is 10.6 Å². The highest BCUT2D eigenvalue weighted by atomic mass is 79.9. The number of rotatable bonds is 3. The van der Waals surface area contributed by atoms with Crippen molar-refractivity contribution >= 4 is 49.0 Å². The second kappa shape index (κ2) is 5.83. The Morgan fingerprint density at radius 2 is 1.63 bits per heavy atom. The van der Waals surface area contributed by atoms with Crippen molar-refractivity contribution in [3.05, 3.63) is 62.5 Å². The van der Waals surface area contributed by atoms with Crippen molar-refractivity contribution in [3.8, 4) is 0 Å². The lowest BCUT2D eigenvalue weighted by Crippen LogP contribution is -2.05. The molecule has 0 spiro atoms. The summed E-state index contributed by atoms with van der Waals surface area (Å²) in [5, 5.41) is 0.836. The maximum Gasteiger partial charge on any atom is 0.182 e. The second-order valence-electron chi connectivity index (χ2n) is 3.95. The first kappa shape index (κ1) is 14.9. The van der Waals surface area contributed by atoms with Gasteiger partial charge in [-0.2, -0.15) is 0 Å². The fourth-order valence-corrected chi connectivity index (χ4v) is 3.77. The molecule has 0 aromatic heterocycles. The van der Waals surface area contributed by atoms with Gasteiger partial charge in [-0.3, -0.25) is 0 Å². The van der Waals surface area contributed by atoms with E-state index in [1.54, 1.807) is 36.4 Å². The number of sulfone groups is 1. The van der Waals surface area contributed by atoms with Gasteiger partial charge < -0.3 is 0 Å². The molecule has 0 unspecified atom stereocenters. The summed E-state index contributed by atoms with van der Waals surface area (Å²) in [6, 6.07) is 11.3. The molecule has 0 heterocycles. The molecule has 0 saturated heterocycles. The van der Waals surface area contributed by atoms with Crippen molar-refractivity contribution in [2.24, 2.45) is 0 Å². The second-order valence-corrected chi connectivity index (χ2v) is 7.70. The molecule has 0 aliphatic carbocycles. The fourth-order valence-electron chi connectivity index (χ4n) is 1.57. The summed E-state index contributed by atoms with van der Waals surface area (Å²) in [6.07, 6.45) is 0. The predicted octanol–water partition coefficient (Wildman–Crippen LogP) is 4.73. The number of halogens is 3. The Balaban J connectivity index is 2.33. The maximum absolute atomic E-state index is 12.2. The molecule has 0 radical (unpaired) electrons. The fraction of sp³-hybridized carbons (Fsp3) is 0.0769. The van der Waals surface area contributed by atoms with E-state index in [0.29, 0.717) is 15.6 Å². The Labute approximate surface area is 130 Å². The van der Waals surface area contributed by atoms with Gasteiger partial charge in [0.15, 0.2) is 9.84 Å². The largest absolute Gasteiger partial charge is 0.223 e. The van der Waals surface area contributed by atoms with Gasteiger partial charge in [-0.25, -0.2) is 8.42 Å². The van der Waals surface area contributed by atoms with Crippen molar-refractivity contribution in [1.29, 1.82) is 0 Å². The average Bonchev–Trinajstić information content (AvgIpc) is 2.33. The summed E-state index contributed by atoms with van der Waals surface area (Å²) >= 11 is 15.0. The highest BCUT2D eigenvalue weighted by molar-refractivity contribution is 9.10. The van der Waals surface area contributed by atoms with E-state index in [0.717, 1.165) is 4.47 Å². The van der Waals surface area contributed by atoms with Gasteiger partial charge in [0.1, 0.15) is 0 Å². The van der Waals surface area contributed by atoms with Gasteiger partial charge in [0.2, 0.25) is 0 Å². The molecule has 0 aliphatic rings. The zero-order valence-electron chi connectivity index (χ0n) is 9.61. The van der Waals surface area contributed by atoms with Crippen LogP contribution in [0.1, 0.15) is 5.56 Å². The van der Waals surface area contributed by atoms with Crippen LogP contribution in [0.3, 0.4) is 0 Å². The first-order chi connectivity index (χ1) is 8.88. The topological polar surface area (TPSA) is 34.1 Å². The molecule has 2 aromatic carbocycles. The summed E-state index contributed by atoms with van der Waals surface area (Å²) in [5.41, 5.74) is 0.536. The SMILES string of the molecule is O=S(=O)(Cc1ccc(Cl)cc1Cl)c1ccc(Br)cc1. The molecule has 0 N–H and O–H groups in total. The Morgan fingerprint density at radius 3 is 2.21 bits per heavy atom. The zero-order chi connectivity index (χ0) is 14.0. The molecular weight excluding hydrogens is 371 g/mol. The van der Waals surface area contributed by atoms with E-state index in [1.165, 1.54) is 6.07 Å². The molecule has 2 nitrogen and oxygen atoms in total. The summed E-state index contributed by atoms with van der Waals surface area (Å²) < 4.78 is 25.3. The lowest BCUT2D eigenvalue weighted by atomic mass is 10.2. The van der Waals surface area contributed by atoms with Gasteiger partial charge in [-0.1, -0.05) is 45.2 Å². The van der Waals surface area contributed by atoms with Crippen LogP contribution in [0.25, 0.3) is 0 Å². The lowest BCUT2D eigenvalue weighted by Gasteiger charge is -2.07. The van der Waals surface area contributed by atoms with E-state index in [2.05, 4.69) is 15.9 Å². The van der Waals surface area contributed by atoms with E-state index >= 15 is 0 Å². The first-order valence-electron chi connectivity index (χ1n) is 5.31. The highest BCUT2D eigenvalue weighted by Gasteiger charge is 2.17. The maximum atomic E-state index is 12.2. The molecule has 0 saturated carbocycles. The molecular formula is C13H9BrCl2O2S. The van der Waals surface area contributed by atoms with E-state index in [4.69, 9.17) is 23.2 Å². The summed E-state index contributed by atoms with van der Waals surface area (Å²) in [4.78, 5) is 0.265. The molecule has 0 aliphatic heterocycles. The molecule has 6 heteroatoms. The minimum Gasteiger partial charge on any atom is -0.223 e. The van der Waals surface area contributed by atoms with Gasteiger partial charge in [0.05, 0.1) is 10.6 Å². The van der Waals surface area contributed by atoms with Crippen molar-refractivity contribution in [1.82, 2.24) is 0 Å². The van der Waals surface area contributed by atoms with Crippen LogP contribution >= 0.6 is 39.1 Å². The quantitative estimate of drug-likeness (QED) is 0.772. The van der Waals surface area contributed by atoms with Gasteiger partial charge in [0.25, 0.3) is 0 Å². The molecule has 100 valence electrons. The number of benzene rings is 2. The smallest absolute Gasteiger partial charge is 0.182 e. The normalized spacial score (nSPS) is 11.5. The van der Waals surface area contributed by atoms with E-state index < -0.39 is 9.84 Å². The molecule has 0 amide bonds. The van der Waals surface area contributed by atoms with Crippen LogP contribution in [0.2, 0.25) is 10.0 Å². The van der Waals surface area contributed by atoms with Crippen LogP contribution in [0.15, 0.2) is 51.8 Å². The Morgan fingerprint density at radius 1 is 1.00 bits per heavy atom. The molecule has 2 aromatic rings. The van der Waals surface area contributed by atoms with E-state index in [9.17, 15) is 8.42 Å². The zero-order valence-corrected chi connectivity index (χ0v) is 13.5. The van der Waals surface area contributed by atoms with Crippen molar-refractivity contribution < 1.29 is 8.42 Å². The highest BCUT2D eigenvalue weighted by Crippen LogP contribution is 2.25. The minimum atomic E-state index is -3.41. The predicted molar refractivity (Wildman–Crippen MR) is 81.5 cm³/mol. The van der Waals surface area contributed by atoms with Gasteiger partial charge in [-0.05, 0) is 42.0 Å². The van der Waals surface area contributed by atoms with Crippen LogP contribution in [-0.2, 0) is 15.6 Å². The molecule has 2 rings (SSSR count). The summed E-state index contributed by atoms with van der Waals surface area (Å²) in [7, 11) is -3.41. The average molecular weight is 380 g/mol. The third-order valence-corrected chi connectivity index (χ3v) is 5.33. The number of hydrogen-bond acceptors (Lipinski definition) is 2. The van der Waals surface area contributed by atoms with E-state index in [1.807, 2.05) is 0 Å². The summed E-state index contributed by atoms with van der Waals surface area (Å²) in [6.45, 7) is 0. The Hall–Kier alpha value is -0.550.